The van der Waals surface area contributed by atoms with Gasteiger partial charge in [0.05, 0.1) is 6.42 Å². The molecule has 0 radical (unpaired) electrons. The molecule has 1 fully saturated rings. The molecule has 21 heavy (non-hydrogen) atoms. The molecule has 3 N–H and O–H groups in total. The van der Waals surface area contributed by atoms with E-state index in [1.54, 1.807) is 24.3 Å². The van der Waals surface area contributed by atoms with Gasteiger partial charge in [-0.15, -0.1) is 0 Å². The van der Waals surface area contributed by atoms with Crippen molar-refractivity contribution in [1.29, 1.82) is 0 Å². The van der Waals surface area contributed by atoms with Crippen molar-refractivity contribution >= 4 is 28.5 Å². The van der Waals surface area contributed by atoms with Crippen molar-refractivity contribution < 1.29 is 18.9 Å². The van der Waals surface area contributed by atoms with Crippen molar-refractivity contribution in [1.82, 2.24) is 5.32 Å². The minimum Gasteiger partial charge on any atom is -0.481 e. The Morgan fingerprint density at radius 1 is 1.19 bits per heavy atom. The average molecular weight is 310 g/mol. The Morgan fingerprint density at radius 3 is 2.38 bits per heavy atom. The highest BCUT2D eigenvalue weighted by atomic mass is 32.2. The second-order valence-corrected chi connectivity index (χ2v) is 6.68. The summed E-state index contributed by atoms with van der Waals surface area (Å²) >= 11 is 0. The van der Waals surface area contributed by atoms with Gasteiger partial charge in [0.2, 0.25) is 0 Å². The predicted molar refractivity (Wildman–Crippen MR) is 80.8 cm³/mol. The van der Waals surface area contributed by atoms with Crippen molar-refractivity contribution in [2.24, 2.45) is 0 Å². The molecule has 1 saturated heterocycles. The van der Waals surface area contributed by atoms with Crippen LogP contribution in [-0.2, 0) is 22.0 Å². The molecule has 1 aromatic carbocycles. The van der Waals surface area contributed by atoms with Crippen LogP contribution in [0.2, 0.25) is 0 Å². The van der Waals surface area contributed by atoms with Crippen LogP contribution >= 0.6 is 0 Å². The highest BCUT2D eigenvalue weighted by molar-refractivity contribution is 7.85. The van der Waals surface area contributed by atoms with Crippen LogP contribution in [0.3, 0.4) is 0 Å². The van der Waals surface area contributed by atoms with E-state index < -0.39 is 16.8 Å². The summed E-state index contributed by atoms with van der Waals surface area (Å²) in [5.74, 6) is 0.382. The number of benzene rings is 1. The van der Waals surface area contributed by atoms with Gasteiger partial charge in [-0.25, -0.2) is 4.79 Å². The summed E-state index contributed by atoms with van der Waals surface area (Å²) in [6.07, 6.45) is 1.43. The number of carboxylic acids is 1. The van der Waals surface area contributed by atoms with Gasteiger partial charge in [0.15, 0.2) is 0 Å². The Labute approximate surface area is 125 Å². The van der Waals surface area contributed by atoms with E-state index in [4.69, 9.17) is 5.11 Å². The van der Waals surface area contributed by atoms with Crippen molar-refractivity contribution in [2.75, 3.05) is 16.8 Å². The Hall–Kier alpha value is -1.89. The van der Waals surface area contributed by atoms with E-state index >= 15 is 0 Å². The molecule has 0 atom stereocenters. The Kier molecular flexibility index (Phi) is 5.32. The molecule has 0 aliphatic carbocycles. The summed E-state index contributed by atoms with van der Waals surface area (Å²) in [4.78, 5) is 22.4. The van der Waals surface area contributed by atoms with Crippen LogP contribution in [0.1, 0.15) is 18.4 Å². The molecule has 0 unspecified atom stereocenters. The lowest BCUT2D eigenvalue weighted by Gasteiger charge is -2.22. The van der Waals surface area contributed by atoms with Crippen LogP contribution in [0.5, 0.6) is 0 Å². The Morgan fingerprint density at radius 2 is 1.81 bits per heavy atom. The lowest BCUT2D eigenvalue weighted by molar-refractivity contribution is -0.136. The smallest absolute Gasteiger partial charge is 0.319 e. The molecule has 1 heterocycles. The molecule has 0 aromatic heterocycles. The summed E-state index contributed by atoms with van der Waals surface area (Å²) in [6.45, 7) is 0. The van der Waals surface area contributed by atoms with Crippen molar-refractivity contribution in [3.63, 3.8) is 0 Å². The van der Waals surface area contributed by atoms with E-state index in [-0.39, 0.29) is 18.5 Å². The molecule has 2 rings (SSSR count). The maximum absolute atomic E-state index is 11.8. The second kappa shape index (κ2) is 7.21. The number of carboxylic acid groups (broad SMARTS) is 1. The van der Waals surface area contributed by atoms with Crippen LogP contribution in [0.15, 0.2) is 24.3 Å². The number of hydrogen-bond donors (Lipinski definition) is 3. The summed E-state index contributed by atoms with van der Waals surface area (Å²) < 4.78 is 11.2. The van der Waals surface area contributed by atoms with Gasteiger partial charge in [0.25, 0.3) is 0 Å². The van der Waals surface area contributed by atoms with Crippen LogP contribution in [0.4, 0.5) is 10.5 Å². The van der Waals surface area contributed by atoms with Gasteiger partial charge in [0.1, 0.15) is 0 Å². The molecular formula is C14H18N2O4S. The van der Waals surface area contributed by atoms with Crippen LogP contribution in [-0.4, -0.2) is 38.9 Å². The number of rotatable bonds is 4. The summed E-state index contributed by atoms with van der Waals surface area (Å²) in [5.41, 5.74) is 1.30. The van der Waals surface area contributed by atoms with Crippen molar-refractivity contribution in [3.05, 3.63) is 29.8 Å². The first-order valence-electron chi connectivity index (χ1n) is 6.76. The van der Waals surface area contributed by atoms with Gasteiger partial charge in [-0.1, -0.05) is 12.1 Å². The zero-order valence-corrected chi connectivity index (χ0v) is 12.3. The third-order valence-electron chi connectivity index (χ3n) is 3.29. The highest BCUT2D eigenvalue weighted by Gasteiger charge is 2.19. The molecule has 1 aromatic rings. The quantitative estimate of drug-likeness (QED) is 0.782. The largest absolute Gasteiger partial charge is 0.481 e. The first kappa shape index (κ1) is 15.5. The molecule has 1 aliphatic heterocycles. The first-order valence-corrected chi connectivity index (χ1v) is 8.25. The molecule has 6 nitrogen and oxygen atoms in total. The SMILES string of the molecule is O=C(O)Cc1ccc(NC(=O)NC2CCS(=O)CC2)cc1. The van der Waals surface area contributed by atoms with Crippen LogP contribution in [0.25, 0.3) is 0 Å². The molecule has 7 heteroatoms. The Bertz CT molecular complexity index is 534. The fraction of sp³-hybridized carbons (Fsp3) is 0.429. The lowest BCUT2D eigenvalue weighted by atomic mass is 10.1. The number of urea groups is 1. The number of hydrogen-bond acceptors (Lipinski definition) is 3. The maximum Gasteiger partial charge on any atom is 0.319 e. The minimum absolute atomic E-state index is 0.0360. The molecule has 0 saturated carbocycles. The average Bonchev–Trinajstić information content (AvgIpc) is 2.43. The fourth-order valence-corrected chi connectivity index (χ4v) is 3.47. The molecule has 0 spiro atoms. The van der Waals surface area contributed by atoms with Gasteiger partial charge in [-0.3, -0.25) is 9.00 Å². The number of anilines is 1. The van der Waals surface area contributed by atoms with E-state index in [9.17, 15) is 13.8 Å². The summed E-state index contributed by atoms with van der Waals surface area (Å²) in [5, 5.41) is 14.2. The maximum atomic E-state index is 11.8. The van der Waals surface area contributed by atoms with Gasteiger partial charge in [-0.05, 0) is 30.5 Å². The van der Waals surface area contributed by atoms with E-state index in [0.717, 1.165) is 12.8 Å². The highest BCUT2D eigenvalue weighted by Crippen LogP contribution is 2.12. The number of amides is 2. The van der Waals surface area contributed by atoms with Gasteiger partial charge >= 0.3 is 12.0 Å². The zero-order chi connectivity index (χ0) is 15.2. The fourth-order valence-electron chi connectivity index (χ4n) is 2.17. The topological polar surface area (TPSA) is 95.5 Å². The normalized spacial score (nSPS) is 21.5. The van der Waals surface area contributed by atoms with Gasteiger partial charge < -0.3 is 15.7 Å². The van der Waals surface area contributed by atoms with Gasteiger partial charge in [-0.2, -0.15) is 0 Å². The molecule has 0 bridgehead atoms. The van der Waals surface area contributed by atoms with Crippen molar-refractivity contribution in [3.8, 4) is 0 Å². The summed E-state index contributed by atoms with van der Waals surface area (Å²) in [7, 11) is -0.741. The monoisotopic (exact) mass is 310 g/mol. The predicted octanol–water partition coefficient (Wildman–Crippen LogP) is 1.35. The van der Waals surface area contributed by atoms with Crippen LogP contribution < -0.4 is 10.6 Å². The minimum atomic E-state index is -0.886. The summed E-state index contributed by atoms with van der Waals surface area (Å²) in [6, 6.07) is 6.47. The lowest BCUT2D eigenvalue weighted by Crippen LogP contribution is -2.41. The first-order chi connectivity index (χ1) is 10.0. The van der Waals surface area contributed by atoms with Crippen LogP contribution in [0, 0.1) is 0 Å². The molecule has 114 valence electrons. The molecular weight excluding hydrogens is 292 g/mol. The van der Waals surface area contributed by atoms with Crippen molar-refractivity contribution in [2.45, 2.75) is 25.3 Å². The van der Waals surface area contributed by atoms with E-state index in [1.807, 2.05) is 0 Å². The van der Waals surface area contributed by atoms with E-state index in [2.05, 4.69) is 10.6 Å². The number of aliphatic carboxylic acids is 1. The molecule has 1 aliphatic rings. The zero-order valence-electron chi connectivity index (χ0n) is 11.5. The second-order valence-electron chi connectivity index (χ2n) is 4.99. The van der Waals surface area contributed by atoms with E-state index in [1.165, 1.54) is 0 Å². The third-order valence-corrected chi connectivity index (χ3v) is 4.67. The number of nitrogens with one attached hydrogen (secondary N) is 2. The van der Waals surface area contributed by atoms with E-state index in [0.29, 0.717) is 22.8 Å². The number of carbonyl (C=O) groups excluding carboxylic acids is 1. The Balaban J connectivity index is 1.82. The third kappa shape index (κ3) is 5.18. The standard InChI is InChI=1S/C14H18N2O4S/c17-13(18)9-10-1-3-11(4-2-10)15-14(19)16-12-5-7-21(20)8-6-12/h1-4,12H,5-9H2,(H,17,18)(H2,15,16,19). The number of carbonyl (C=O) groups is 2. The van der Waals surface area contributed by atoms with Gasteiger partial charge in [0, 0.05) is 34.0 Å². The molecule has 2 amide bonds.